The summed E-state index contributed by atoms with van der Waals surface area (Å²) < 4.78 is 1.86. The van der Waals surface area contributed by atoms with Crippen molar-refractivity contribution < 1.29 is 4.79 Å². The van der Waals surface area contributed by atoms with Gasteiger partial charge in [0.15, 0.2) is 5.78 Å². The first kappa shape index (κ1) is 8.40. The Morgan fingerprint density at radius 3 is 3.15 bits per heavy atom. The third-order valence-electron chi connectivity index (χ3n) is 1.85. The number of rotatable bonds is 2. The number of nitrogens with zero attached hydrogens (tertiary/aromatic N) is 2. The number of thiazole rings is 1. The molecule has 0 aliphatic carbocycles. The minimum absolute atomic E-state index is 0.0142. The summed E-state index contributed by atoms with van der Waals surface area (Å²) in [7, 11) is 0. The summed E-state index contributed by atoms with van der Waals surface area (Å²) in [6.45, 7) is 1.87. The monoisotopic (exact) mass is 195 g/mol. The van der Waals surface area contributed by atoms with Crippen molar-refractivity contribution in [3.63, 3.8) is 0 Å². The van der Waals surface area contributed by atoms with Crippen molar-refractivity contribution in [3.8, 4) is 0 Å². The van der Waals surface area contributed by atoms with Crippen molar-refractivity contribution in [1.29, 1.82) is 0 Å². The van der Waals surface area contributed by atoms with Crippen LogP contribution >= 0.6 is 11.3 Å². The van der Waals surface area contributed by atoms with Crippen molar-refractivity contribution in [2.75, 3.05) is 0 Å². The highest BCUT2D eigenvalue weighted by Crippen LogP contribution is 2.19. The molecule has 2 heterocycles. The number of hydrogen-bond acceptors (Lipinski definition) is 4. The van der Waals surface area contributed by atoms with Crippen LogP contribution in [-0.4, -0.2) is 15.2 Å². The maximum atomic E-state index is 11.2. The molecule has 2 aromatic rings. The van der Waals surface area contributed by atoms with Crippen LogP contribution in [0.5, 0.6) is 0 Å². The lowest BCUT2D eigenvalue weighted by molar-refractivity contribution is 0.101. The second kappa shape index (κ2) is 2.93. The Morgan fingerprint density at radius 2 is 2.54 bits per heavy atom. The van der Waals surface area contributed by atoms with Gasteiger partial charge in [0.25, 0.3) is 0 Å². The number of nitrogens with two attached hydrogens (primary N) is 1. The molecule has 0 saturated carbocycles. The summed E-state index contributed by atoms with van der Waals surface area (Å²) in [6.07, 6.45) is 1.88. The van der Waals surface area contributed by atoms with Gasteiger partial charge in [0.2, 0.25) is 0 Å². The number of imidazole rings is 1. The Morgan fingerprint density at radius 1 is 1.77 bits per heavy atom. The number of ketones is 1. The van der Waals surface area contributed by atoms with Crippen LogP contribution in [-0.2, 0) is 6.54 Å². The van der Waals surface area contributed by atoms with E-state index >= 15 is 0 Å². The number of Topliss-reactive ketones (excluding diaryl/α,β-unsaturated/α-hetero) is 1. The first-order valence-corrected chi connectivity index (χ1v) is 4.77. The molecule has 0 atom stereocenters. The Balaban J connectivity index is 2.75. The fraction of sp³-hybridized carbons (Fsp3) is 0.250. The summed E-state index contributed by atoms with van der Waals surface area (Å²) in [6, 6.07) is 0. The summed E-state index contributed by atoms with van der Waals surface area (Å²) in [5.41, 5.74) is 6.02. The number of carbonyl (C=O) groups is 1. The van der Waals surface area contributed by atoms with Crippen LogP contribution in [0, 0.1) is 0 Å². The van der Waals surface area contributed by atoms with Gasteiger partial charge in [-0.3, -0.25) is 9.20 Å². The average Bonchev–Trinajstić information content (AvgIpc) is 2.61. The van der Waals surface area contributed by atoms with Gasteiger partial charge >= 0.3 is 0 Å². The zero-order valence-corrected chi connectivity index (χ0v) is 7.97. The molecule has 2 aromatic heterocycles. The number of hydrogen-bond donors (Lipinski definition) is 1. The molecule has 0 bridgehead atoms. The summed E-state index contributed by atoms with van der Waals surface area (Å²) >= 11 is 1.50. The minimum Gasteiger partial charge on any atom is -0.324 e. The van der Waals surface area contributed by atoms with Crippen LogP contribution < -0.4 is 5.73 Å². The van der Waals surface area contributed by atoms with Crippen LogP contribution in [0.1, 0.15) is 23.2 Å². The lowest BCUT2D eigenvalue weighted by Gasteiger charge is -1.88. The molecular formula is C8H9N3OS. The Kier molecular flexibility index (Phi) is 1.90. The average molecular weight is 195 g/mol. The molecule has 4 nitrogen and oxygen atoms in total. The number of carbonyl (C=O) groups excluding carboxylic acids is 1. The van der Waals surface area contributed by atoms with Gasteiger partial charge in [-0.05, 0) is 0 Å². The molecule has 0 unspecified atom stereocenters. The van der Waals surface area contributed by atoms with Crippen molar-refractivity contribution in [3.05, 3.63) is 23.1 Å². The summed E-state index contributed by atoms with van der Waals surface area (Å²) in [5, 5.41) is 1.92. The van der Waals surface area contributed by atoms with Crippen molar-refractivity contribution >= 4 is 22.0 Å². The van der Waals surface area contributed by atoms with E-state index < -0.39 is 0 Å². The van der Waals surface area contributed by atoms with Crippen LogP contribution in [0.15, 0.2) is 11.6 Å². The van der Waals surface area contributed by atoms with E-state index in [0.29, 0.717) is 12.2 Å². The second-order valence-corrected chi connectivity index (χ2v) is 3.61. The lowest BCUT2D eigenvalue weighted by Crippen LogP contribution is -2.01. The number of fused-ring (bicyclic) bond motifs is 1. The molecule has 2 N–H and O–H groups in total. The molecular weight excluding hydrogens is 186 g/mol. The zero-order chi connectivity index (χ0) is 9.42. The quantitative estimate of drug-likeness (QED) is 0.729. The van der Waals surface area contributed by atoms with E-state index in [-0.39, 0.29) is 5.78 Å². The molecule has 0 radical (unpaired) electrons. The summed E-state index contributed by atoms with van der Waals surface area (Å²) in [5.74, 6) is 0.723. The maximum absolute atomic E-state index is 11.2. The van der Waals surface area contributed by atoms with Crippen molar-refractivity contribution in [2.24, 2.45) is 5.73 Å². The normalized spacial score (nSPS) is 10.9. The molecule has 0 aromatic carbocycles. The Bertz CT molecular complexity index is 457. The highest BCUT2D eigenvalue weighted by atomic mass is 32.1. The van der Waals surface area contributed by atoms with Crippen molar-refractivity contribution in [1.82, 2.24) is 9.38 Å². The third kappa shape index (κ3) is 1.16. The van der Waals surface area contributed by atoms with E-state index in [9.17, 15) is 4.79 Å². The lowest BCUT2D eigenvalue weighted by atomic mass is 10.3. The predicted octanol–water partition coefficient (Wildman–Crippen LogP) is 1.06. The van der Waals surface area contributed by atoms with E-state index in [1.807, 2.05) is 16.0 Å². The van der Waals surface area contributed by atoms with Gasteiger partial charge in [-0.25, -0.2) is 4.98 Å². The van der Waals surface area contributed by atoms with Crippen LogP contribution in [0.25, 0.3) is 4.83 Å². The molecule has 0 aliphatic rings. The van der Waals surface area contributed by atoms with E-state index in [2.05, 4.69) is 4.98 Å². The van der Waals surface area contributed by atoms with Gasteiger partial charge in [0, 0.05) is 18.5 Å². The maximum Gasteiger partial charge on any atom is 0.181 e. The minimum atomic E-state index is -0.0142. The van der Waals surface area contributed by atoms with Crippen molar-refractivity contribution in [2.45, 2.75) is 13.5 Å². The van der Waals surface area contributed by atoms with Crippen LogP contribution in [0.4, 0.5) is 0 Å². The fourth-order valence-electron chi connectivity index (χ4n) is 1.26. The molecule has 68 valence electrons. The molecule has 13 heavy (non-hydrogen) atoms. The summed E-state index contributed by atoms with van der Waals surface area (Å²) in [4.78, 5) is 16.2. The van der Waals surface area contributed by atoms with Gasteiger partial charge in [0.05, 0.1) is 6.54 Å². The van der Waals surface area contributed by atoms with E-state index in [1.54, 1.807) is 0 Å². The molecule has 0 spiro atoms. The van der Waals surface area contributed by atoms with E-state index in [4.69, 9.17) is 5.73 Å². The van der Waals surface area contributed by atoms with Crippen LogP contribution in [0.2, 0.25) is 0 Å². The predicted molar refractivity (Wildman–Crippen MR) is 51.0 cm³/mol. The van der Waals surface area contributed by atoms with Crippen LogP contribution in [0.3, 0.4) is 0 Å². The molecule has 5 heteroatoms. The smallest absolute Gasteiger partial charge is 0.181 e. The van der Waals surface area contributed by atoms with E-state index in [0.717, 1.165) is 10.7 Å². The highest BCUT2D eigenvalue weighted by Gasteiger charge is 2.13. The Labute approximate surface area is 79.0 Å². The molecule has 0 fully saturated rings. The molecule has 2 rings (SSSR count). The molecule has 0 amide bonds. The van der Waals surface area contributed by atoms with Gasteiger partial charge in [-0.15, -0.1) is 11.3 Å². The second-order valence-electron chi connectivity index (χ2n) is 2.72. The standard InChI is InChI=1S/C8H9N3OS/c1-5(12)7-8-11(2-3-13-8)6(4-9)10-7/h2-3H,4,9H2,1H3. The fourth-order valence-corrected chi connectivity index (χ4v) is 2.15. The highest BCUT2D eigenvalue weighted by molar-refractivity contribution is 7.15. The molecule has 0 saturated heterocycles. The topological polar surface area (TPSA) is 60.4 Å². The van der Waals surface area contributed by atoms with Gasteiger partial charge in [-0.1, -0.05) is 0 Å². The first-order chi connectivity index (χ1) is 6.24. The largest absolute Gasteiger partial charge is 0.324 e. The Hall–Kier alpha value is -1.20. The third-order valence-corrected chi connectivity index (χ3v) is 2.72. The molecule has 0 aliphatic heterocycles. The van der Waals surface area contributed by atoms with Gasteiger partial charge < -0.3 is 5.73 Å². The van der Waals surface area contributed by atoms with E-state index in [1.165, 1.54) is 18.3 Å². The zero-order valence-electron chi connectivity index (χ0n) is 7.15. The number of aromatic nitrogens is 2. The first-order valence-electron chi connectivity index (χ1n) is 3.89. The SMILES string of the molecule is CC(=O)c1nc(CN)n2ccsc12. The van der Waals surface area contributed by atoms with Gasteiger partial charge in [0.1, 0.15) is 16.3 Å². The van der Waals surface area contributed by atoms with Gasteiger partial charge in [-0.2, -0.15) is 0 Å².